The number of halogens is 1. The zero-order valence-electron chi connectivity index (χ0n) is 10.8. The minimum absolute atomic E-state index is 0.430. The van der Waals surface area contributed by atoms with Gasteiger partial charge in [-0.2, -0.15) is 0 Å². The molecule has 3 nitrogen and oxygen atoms in total. The normalized spacial score (nSPS) is 11.2. The first kappa shape index (κ1) is 13.3. The first-order valence-corrected chi connectivity index (χ1v) is 6.79. The molecule has 1 aromatic carbocycles. The van der Waals surface area contributed by atoms with Gasteiger partial charge in [0.25, 0.3) is 0 Å². The van der Waals surface area contributed by atoms with E-state index < -0.39 is 0 Å². The van der Waals surface area contributed by atoms with Crippen LogP contribution in [-0.4, -0.2) is 11.0 Å². The summed E-state index contributed by atoms with van der Waals surface area (Å²) < 4.78 is 6.59. The number of nitrogens with zero attached hydrogens (tertiary/aromatic N) is 1. The highest BCUT2D eigenvalue weighted by atomic mass is 79.9. The average molecular weight is 309 g/mol. The topological polar surface area (TPSA) is 38.1 Å². The number of aryl methyl sites for hydroxylation is 1. The third-order valence-electron chi connectivity index (χ3n) is 2.75. The lowest BCUT2D eigenvalue weighted by atomic mass is 10.1. The second kappa shape index (κ2) is 5.67. The highest BCUT2D eigenvalue weighted by Crippen LogP contribution is 2.27. The van der Waals surface area contributed by atoms with Crippen LogP contribution >= 0.6 is 15.9 Å². The van der Waals surface area contributed by atoms with Gasteiger partial charge in [-0.3, -0.25) is 0 Å². The van der Waals surface area contributed by atoms with E-state index in [0.717, 1.165) is 28.0 Å². The van der Waals surface area contributed by atoms with Crippen molar-refractivity contribution in [3.63, 3.8) is 0 Å². The van der Waals surface area contributed by atoms with Gasteiger partial charge in [-0.25, -0.2) is 4.98 Å². The SMILES string of the molecule is Cc1ccc(-c2ocnc2CNC(C)C)cc1Br. The Balaban J connectivity index is 2.27. The summed E-state index contributed by atoms with van der Waals surface area (Å²) in [6.45, 7) is 7.01. The van der Waals surface area contributed by atoms with E-state index in [2.05, 4.69) is 65.2 Å². The number of hydrogen-bond donors (Lipinski definition) is 1. The number of benzene rings is 1. The molecule has 18 heavy (non-hydrogen) atoms. The van der Waals surface area contributed by atoms with Crippen LogP contribution < -0.4 is 5.32 Å². The summed E-state index contributed by atoms with van der Waals surface area (Å²) in [4.78, 5) is 4.27. The first-order chi connectivity index (χ1) is 8.58. The number of rotatable bonds is 4. The fraction of sp³-hybridized carbons (Fsp3) is 0.357. The molecule has 0 atom stereocenters. The number of aromatic nitrogens is 1. The molecule has 0 aliphatic rings. The third-order valence-corrected chi connectivity index (χ3v) is 3.61. The summed E-state index contributed by atoms with van der Waals surface area (Å²) >= 11 is 3.54. The van der Waals surface area contributed by atoms with Gasteiger partial charge in [0.15, 0.2) is 12.2 Å². The lowest BCUT2D eigenvalue weighted by molar-refractivity contribution is 0.563. The summed E-state index contributed by atoms with van der Waals surface area (Å²) in [5.41, 5.74) is 3.20. The summed E-state index contributed by atoms with van der Waals surface area (Å²) in [6, 6.07) is 6.62. The van der Waals surface area contributed by atoms with Gasteiger partial charge in [-0.1, -0.05) is 41.9 Å². The Labute approximate surface area is 116 Å². The van der Waals surface area contributed by atoms with Gasteiger partial charge in [-0.15, -0.1) is 0 Å². The average Bonchev–Trinajstić information content (AvgIpc) is 2.78. The molecular weight excluding hydrogens is 292 g/mol. The molecule has 1 N–H and O–H groups in total. The van der Waals surface area contributed by atoms with E-state index in [-0.39, 0.29) is 0 Å². The lowest BCUT2D eigenvalue weighted by Gasteiger charge is -2.07. The number of hydrogen-bond acceptors (Lipinski definition) is 3. The van der Waals surface area contributed by atoms with Crippen molar-refractivity contribution in [2.45, 2.75) is 33.4 Å². The molecule has 1 aromatic heterocycles. The number of nitrogens with one attached hydrogen (secondary N) is 1. The fourth-order valence-corrected chi connectivity index (χ4v) is 2.04. The molecule has 0 radical (unpaired) electrons. The zero-order valence-corrected chi connectivity index (χ0v) is 12.4. The molecular formula is C14H17BrN2O. The molecule has 2 rings (SSSR count). The van der Waals surface area contributed by atoms with Gasteiger partial charge in [0.1, 0.15) is 5.69 Å². The van der Waals surface area contributed by atoms with Crippen LogP contribution in [0.15, 0.2) is 33.5 Å². The van der Waals surface area contributed by atoms with Crippen LogP contribution in [0.4, 0.5) is 0 Å². The van der Waals surface area contributed by atoms with Crippen molar-refractivity contribution in [3.05, 3.63) is 40.3 Å². The van der Waals surface area contributed by atoms with Crippen molar-refractivity contribution in [1.82, 2.24) is 10.3 Å². The predicted molar refractivity (Wildman–Crippen MR) is 76.4 cm³/mol. The monoisotopic (exact) mass is 308 g/mol. The molecule has 4 heteroatoms. The molecule has 0 fully saturated rings. The Hall–Kier alpha value is -1.13. The van der Waals surface area contributed by atoms with E-state index in [0.29, 0.717) is 6.04 Å². The first-order valence-electron chi connectivity index (χ1n) is 6.00. The Morgan fingerprint density at radius 3 is 2.83 bits per heavy atom. The summed E-state index contributed by atoms with van der Waals surface area (Å²) in [5, 5.41) is 3.35. The lowest BCUT2D eigenvalue weighted by Crippen LogP contribution is -2.22. The molecule has 0 spiro atoms. The molecule has 96 valence electrons. The third kappa shape index (κ3) is 3.00. The van der Waals surface area contributed by atoms with Crippen LogP contribution in [0.25, 0.3) is 11.3 Å². The predicted octanol–water partition coefficient (Wildman–Crippen LogP) is 3.91. The quantitative estimate of drug-likeness (QED) is 0.930. The van der Waals surface area contributed by atoms with Crippen LogP contribution in [0.3, 0.4) is 0 Å². The molecule has 0 unspecified atom stereocenters. The van der Waals surface area contributed by atoms with Crippen LogP contribution in [0, 0.1) is 6.92 Å². The summed E-state index contributed by atoms with van der Waals surface area (Å²) in [7, 11) is 0. The Morgan fingerprint density at radius 2 is 2.17 bits per heavy atom. The summed E-state index contributed by atoms with van der Waals surface area (Å²) in [5.74, 6) is 0.837. The highest BCUT2D eigenvalue weighted by Gasteiger charge is 2.11. The second-order valence-corrected chi connectivity index (χ2v) is 5.48. The Morgan fingerprint density at radius 1 is 1.39 bits per heavy atom. The standard InChI is InChI=1S/C14H17BrN2O/c1-9(2)16-7-13-14(18-8-17-13)11-5-4-10(3)12(15)6-11/h4-6,8-9,16H,7H2,1-3H3. The molecule has 0 bridgehead atoms. The van der Waals surface area contributed by atoms with Crippen molar-refractivity contribution >= 4 is 15.9 Å². The van der Waals surface area contributed by atoms with Crippen LogP contribution in [-0.2, 0) is 6.54 Å². The van der Waals surface area contributed by atoms with Gasteiger partial charge in [-0.05, 0) is 18.6 Å². The number of oxazole rings is 1. The van der Waals surface area contributed by atoms with Gasteiger partial charge >= 0.3 is 0 Å². The van der Waals surface area contributed by atoms with Crippen molar-refractivity contribution in [2.24, 2.45) is 0 Å². The van der Waals surface area contributed by atoms with Crippen LogP contribution in [0.1, 0.15) is 25.1 Å². The molecule has 0 saturated heterocycles. The molecule has 0 aliphatic carbocycles. The van der Waals surface area contributed by atoms with Crippen molar-refractivity contribution < 1.29 is 4.42 Å². The maximum Gasteiger partial charge on any atom is 0.181 e. The van der Waals surface area contributed by atoms with E-state index in [1.165, 1.54) is 12.0 Å². The Kier molecular flexibility index (Phi) is 4.19. The second-order valence-electron chi connectivity index (χ2n) is 4.63. The molecule has 1 heterocycles. The van der Waals surface area contributed by atoms with E-state index in [9.17, 15) is 0 Å². The largest absolute Gasteiger partial charge is 0.443 e. The highest BCUT2D eigenvalue weighted by molar-refractivity contribution is 9.10. The maximum absolute atomic E-state index is 5.51. The van der Waals surface area contributed by atoms with E-state index >= 15 is 0 Å². The van der Waals surface area contributed by atoms with Crippen LogP contribution in [0.2, 0.25) is 0 Å². The van der Waals surface area contributed by atoms with Crippen LogP contribution in [0.5, 0.6) is 0 Å². The van der Waals surface area contributed by atoms with Gasteiger partial charge < -0.3 is 9.73 Å². The Bertz CT molecular complexity index is 534. The van der Waals surface area contributed by atoms with Gasteiger partial charge in [0.2, 0.25) is 0 Å². The zero-order chi connectivity index (χ0) is 13.1. The van der Waals surface area contributed by atoms with E-state index in [4.69, 9.17) is 4.42 Å². The molecule has 0 amide bonds. The van der Waals surface area contributed by atoms with Crippen molar-refractivity contribution in [2.75, 3.05) is 0 Å². The maximum atomic E-state index is 5.51. The van der Waals surface area contributed by atoms with Gasteiger partial charge in [0.05, 0.1) is 0 Å². The molecule has 2 aromatic rings. The van der Waals surface area contributed by atoms with E-state index in [1.54, 1.807) is 0 Å². The summed E-state index contributed by atoms with van der Waals surface area (Å²) in [6.07, 6.45) is 1.50. The molecule has 0 aliphatic heterocycles. The van der Waals surface area contributed by atoms with Crippen molar-refractivity contribution in [1.29, 1.82) is 0 Å². The fourth-order valence-electron chi connectivity index (χ4n) is 1.66. The molecule has 0 saturated carbocycles. The van der Waals surface area contributed by atoms with Gasteiger partial charge in [0, 0.05) is 22.6 Å². The minimum Gasteiger partial charge on any atom is -0.443 e. The van der Waals surface area contributed by atoms with E-state index in [1.807, 2.05) is 0 Å². The minimum atomic E-state index is 0.430. The van der Waals surface area contributed by atoms with Crippen molar-refractivity contribution in [3.8, 4) is 11.3 Å². The smallest absolute Gasteiger partial charge is 0.181 e.